The van der Waals surface area contributed by atoms with Gasteiger partial charge in [0.2, 0.25) is 11.8 Å². The SMILES string of the molecule is COc1ccccc1COCCCOc1ccc(C2C(O)CN(C(=O)C(C)N)CC2OCCOc2ccccc2CCNC(C)=O)cc1. The number of nitrogens with zero attached hydrogens (tertiary/aromatic N) is 1. The van der Waals surface area contributed by atoms with E-state index in [1.165, 1.54) is 6.92 Å². The minimum Gasteiger partial charge on any atom is -0.496 e. The molecule has 4 unspecified atom stereocenters. The van der Waals surface area contributed by atoms with Crippen molar-refractivity contribution in [2.45, 2.75) is 57.5 Å². The monoisotopic (exact) mass is 663 g/mol. The summed E-state index contributed by atoms with van der Waals surface area (Å²) in [7, 11) is 1.65. The van der Waals surface area contributed by atoms with Gasteiger partial charge in [0.15, 0.2) is 0 Å². The number of ether oxygens (including phenoxy) is 5. The van der Waals surface area contributed by atoms with E-state index in [2.05, 4.69) is 5.32 Å². The number of aliphatic hydroxyl groups is 1. The van der Waals surface area contributed by atoms with Crippen LogP contribution in [0.1, 0.15) is 42.9 Å². The van der Waals surface area contributed by atoms with Gasteiger partial charge in [-0.1, -0.05) is 48.5 Å². The molecule has 260 valence electrons. The number of likely N-dealkylation sites (tertiary alicyclic amines) is 1. The predicted molar refractivity (Wildman–Crippen MR) is 182 cm³/mol. The Morgan fingerprint density at radius 2 is 1.62 bits per heavy atom. The summed E-state index contributed by atoms with van der Waals surface area (Å²) in [5.74, 6) is 1.56. The molecule has 3 aromatic rings. The summed E-state index contributed by atoms with van der Waals surface area (Å²) < 4.78 is 29.5. The van der Waals surface area contributed by atoms with E-state index in [1.807, 2.05) is 72.8 Å². The largest absolute Gasteiger partial charge is 0.496 e. The molecule has 3 aromatic carbocycles. The molecule has 4 atom stereocenters. The Bertz CT molecular complexity index is 1430. The van der Waals surface area contributed by atoms with Crippen molar-refractivity contribution in [3.05, 3.63) is 89.5 Å². The fraction of sp³-hybridized carbons (Fsp3) is 0.459. The standard InChI is InChI=1S/C37H49N3O8/c1-26(38)37(43)40-23-32(42)36(35(24-40)48-22-21-47-34-12-7-4-9-28(34)17-18-39-27(2)41)29-13-15-31(16-14-29)46-20-8-19-45-25-30-10-5-6-11-33(30)44-3/h4-7,9-16,26,32,35-36,42H,8,17-25,38H2,1-3H3,(H,39,41). The maximum Gasteiger partial charge on any atom is 0.239 e. The van der Waals surface area contributed by atoms with Gasteiger partial charge in [-0.15, -0.1) is 0 Å². The third-order valence-electron chi connectivity index (χ3n) is 8.15. The van der Waals surface area contributed by atoms with Crippen LogP contribution in [0.4, 0.5) is 0 Å². The molecule has 4 rings (SSSR count). The van der Waals surface area contributed by atoms with Crippen LogP contribution in [0.15, 0.2) is 72.8 Å². The Balaban J connectivity index is 1.30. The fourth-order valence-corrected chi connectivity index (χ4v) is 5.77. The number of carbonyl (C=O) groups excluding carboxylic acids is 2. The Morgan fingerprint density at radius 3 is 2.33 bits per heavy atom. The van der Waals surface area contributed by atoms with E-state index < -0.39 is 18.2 Å². The first-order chi connectivity index (χ1) is 23.3. The first-order valence-corrected chi connectivity index (χ1v) is 16.5. The van der Waals surface area contributed by atoms with Gasteiger partial charge in [0.1, 0.15) is 23.9 Å². The molecule has 0 saturated carbocycles. The van der Waals surface area contributed by atoms with Crippen LogP contribution >= 0.6 is 0 Å². The average molecular weight is 664 g/mol. The molecule has 11 heteroatoms. The van der Waals surface area contributed by atoms with E-state index in [0.717, 1.165) is 34.6 Å². The number of carbonyl (C=O) groups is 2. The lowest BCUT2D eigenvalue weighted by molar-refractivity contribution is -0.142. The van der Waals surface area contributed by atoms with Crippen molar-refractivity contribution in [1.82, 2.24) is 10.2 Å². The quantitative estimate of drug-likeness (QED) is 0.175. The van der Waals surface area contributed by atoms with Crippen LogP contribution in [0.5, 0.6) is 17.2 Å². The maximum absolute atomic E-state index is 12.8. The van der Waals surface area contributed by atoms with Crippen molar-refractivity contribution >= 4 is 11.8 Å². The second-order valence-electron chi connectivity index (χ2n) is 11.9. The summed E-state index contributed by atoms with van der Waals surface area (Å²) in [6, 6.07) is 22.4. The number of rotatable bonds is 18. The van der Waals surface area contributed by atoms with E-state index >= 15 is 0 Å². The van der Waals surface area contributed by atoms with Gasteiger partial charge >= 0.3 is 0 Å². The molecular weight excluding hydrogens is 614 g/mol. The van der Waals surface area contributed by atoms with Crippen LogP contribution < -0.4 is 25.3 Å². The highest BCUT2D eigenvalue weighted by atomic mass is 16.5. The molecule has 1 fully saturated rings. The number of hydrogen-bond acceptors (Lipinski definition) is 9. The van der Waals surface area contributed by atoms with Crippen LogP contribution in [0.2, 0.25) is 0 Å². The molecule has 1 saturated heterocycles. The number of β-amino-alcohol motifs (C(OH)–C–C–N with tert-alkyl or cyclic N) is 1. The summed E-state index contributed by atoms with van der Waals surface area (Å²) in [5, 5.41) is 14.1. The molecule has 1 aliphatic rings. The zero-order valence-corrected chi connectivity index (χ0v) is 28.1. The summed E-state index contributed by atoms with van der Waals surface area (Å²) >= 11 is 0. The average Bonchev–Trinajstić information content (AvgIpc) is 3.08. The van der Waals surface area contributed by atoms with E-state index in [9.17, 15) is 14.7 Å². The zero-order chi connectivity index (χ0) is 34.3. The van der Waals surface area contributed by atoms with Gasteiger partial charge in [0.25, 0.3) is 0 Å². The zero-order valence-electron chi connectivity index (χ0n) is 28.1. The van der Waals surface area contributed by atoms with Gasteiger partial charge in [-0.3, -0.25) is 9.59 Å². The van der Waals surface area contributed by atoms with Crippen molar-refractivity contribution in [3.8, 4) is 17.2 Å². The molecule has 0 spiro atoms. The molecular formula is C37H49N3O8. The van der Waals surface area contributed by atoms with Crippen molar-refractivity contribution in [2.24, 2.45) is 5.73 Å². The van der Waals surface area contributed by atoms with Crippen LogP contribution in [-0.4, -0.2) is 93.2 Å². The Morgan fingerprint density at radius 1 is 0.917 bits per heavy atom. The molecule has 4 N–H and O–H groups in total. The third kappa shape index (κ3) is 10.9. The van der Waals surface area contributed by atoms with E-state index in [-0.39, 0.29) is 37.5 Å². The van der Waals surface area contributed by atoms with Crippen molar-refractivity contribution in [3.63, 3.8) is 0 Å². The maximum atomic E-state index is 12.8. The molecule has 1 heterocycles. The second kappa shape index (κ2) is 19.0. The Labute approximate surface area is 283 Å². The summed E-state index contributed by atoms with van der Waals surface area (Å²) in [6.07, 6.45) is 0.0230. The number of amides is 2. The van der Waals surface area contributed by atoms with Gasteiger partial charge in [0, 0.05) is 44.5 Å². The van der Waals surface area contributed by atoms with Gasteiger partial charge in [-0.2, -0.15) is 0 Å². The van der Waals surface area contributed by atoms with Crippen LogP contribution in [-0.2, 0) is 32.1 Å². The number of methoxy groups -OCH3 is 1. The molecule has 0 aliphatic carbocycles. The normalized spacial score (nSPS) is 18.2. The first-order valence-electron chi connectivity index (χ1n) is 16.5. The van der Waals surface area contributed by atoms with E-state index in [4.69, 9.17) is 29.4 Å². The predicted octanol–water partition coefficient (Wildman–Crippen LogP) is 3.46. The van der Waals surface area contributed by atoms with Gasteiger partial charge < -0.3 is 44.7 Å². The number of nitrogens with two attached hydrogens (primary N) is 1. The van der Waals surface area contributed by atoms with Crippen LogP contribution in [0.3, 0.4) is 0 Å². The summed E-state index contributed by atoms with van der Waals surface area (Å²) in [5.41, 5.74) is 8.76. The molecule has 0 radical (unpaired) electrons. The molecule has 0 aromatic heterocycles. The lowest BCUT2D eigenvalue weighted by atomic mass is 9.84. The summed E-state index contributed by atoms with van der Waals surface area (Å²) in [6.45, 7) is 6.13. The highest BCUT2D eigenvalue weighted by molar-refractivity contribution is 5.81. The minimum atomic E-state index is -0.853. The Kier molecular flexibility index (Phi) is 14.5. The number of para-hydroxylation sites is 2. The molecule has 48 heavy (non-hydrogen) atoms. The van der Waals surface area contributed by atoms with E-state index in [1.54, 1.807) is 18.9 Å². The fourth-order valence-electron chi connectivity index (χ4n) is 5.77. The second-order valence-corrected chi connectivity index (χ2v) is 11.9. The number of nitrogens with one attached hydrogen (secondary N) is 1. The van der Waals surface area contributed by atoms with Crippen molar-refractivity contribution in [2.75, 3.05) is 53.2 Å². The van der Waals surface area contributed by atoms with Crippen LogP contribution in [0, 0.1) is 0 Å². The molecule has 11 nitrogen and oxygen atoms in total. The topological polar surface area (TPSA) is 142 Å². The van der Waals surface area contributed by atoms with E-state index in [0.29, 0.717) is 45.1 Å². The highest BCUT2D eigenvalue weighted by Gasteiger charge is 2.40. The number of benzene rings is 3. The number of aliphatic hydroxyl groups excluding tert-OH is 1. The minimum absolute atomic E-state index is 0.0769. The molecule has 2 amide bonds. The smallest absolute Gasteiger partial charge is 0.239 e. The van der Waals surface area contributed by atoms with Gasteiger partial charge in [0.05, 0.1) is 51.8 Å². The number of hydrogen-bond donors (Lipinski definition) is 3. The highest BCUT2D eigenvalue weighted by Crippen LogP contribution is 2.32. The Hall–Kier alpha value is -4.16. The van der Waals surface area contributed by atoms with Crippen molar-refractivity contribution < 1.29 is 38.4 Å². The lowest BCUT2D eigenvalue weighted by Gasteiger charge is -2.42. The molecule has 1 aliphatic heterocycles. The third-order valence-corrected chi connectivity index (χ3v) is 8.15. The van der Waals surface area contributed by atoms with Crippen molar-refractivity contribution in [1.29, 1.82) is 0 Å². The van der Waals surface area contributed by atoms with Crippen LogP contribution in [0.25, 0.3) is 0 Å². The first kappa shape index (κ1) is 36.7. The molecule has 0 bridgehead atoms. The lowest BCUT2D eigenvalue weighted by Crippen LogP contribution is -2.56. The van der Waals surface area contributed by atoms with Gasteiger partial charge in [-0.25, -0.2) is 0 Å². The number of piperidine rings is 1. The van der Waals surface area contributed by atoms with Gasteiger partial charge in [-0.05, 0) is 48.7 Å². The summed E-state index contributed by atoms with van der Waals surface area (Å²) in [4.78, 5) is 25.6.